The summed E-state index contributed by atoms with van der Waals surface area (Å²) in [5.41, 5.74) is 7.14. The van der Waals surface area contributed by atoms with Crippen LogP contribution in [0.5, 0.6) is 5.75 Å². The zero-order chi connectivity index (χ0) is 15.4. The van der Waals surface area contributed by atoms with Gasteiger partial charge in [-0.3, -0.25) is 16.3 Å². The van der Waals surface area contributed by atoms with E-state index in [-0.39, 0.29) is 6.04 Å². The molecule has 0 aliphatic rings. The van der Waals surface area contributed by atoms with Crippen molar-refractivity contribution in [3.63, 3.8) is 0 Å². The summed E-state index contributed by atoms with van der Waals surface area (Å²) in [5.74, 6) is 6.59. The van der Waals surface area contributed by atoms with Gasteiger partial charge in [-0.2, -0.15) is 0 Å². The third kappa shape index (κ3) is 3.81. The van der Waals surface area contributed by atoms with Crippen LogP contribution in [0.2, 0.25) is 0 Å². The first-order valence-corrected chi connectivity index (χ1v) is 7.57. The zero-order valence-electron chi connectivity index (χ0n) is 12.5. The average Bonchev–Trinajstić information content (AvgIpc) is 2.47. The summed E-state index contributed by atoms with van der Waals surface area (Å²) in [6, 6.07) is 10.0. The van der Waals surface area contributed by atoms with E-state index in [0.29, 0.717) is 0 Å². The molecule has 21 heavy (non-hydrogen) atoms. The number of rotatable bonds is 5. The molecule has 4 nitrogen and oxygen atoms in total. The summed E-state index contributed by atoms with van der Waals surface area (Å²) < 4.78 is 6.33. The van der Waals surface area contributed by atoms with E-state index in [9.17, 15) is 0 Å². The Balaban J connectivity index is 2.30. The molecule has 0 aliphatic heterocycles. The van der Waals surface area contributed by atoms with Crippen molar-refractivity contribution in [1.82, 2.24) is 10.4 Å². The smallest absolute Gasteiger partial charge is 0.119 e. The topological polar surface area (TPSA) is 60.2 Å². The number of hydrazine groups is 1. The molecule has 0 fully saturated rings. The fraction of sp³-hybridized carbons (Fsp3) is 0.312. The van der Waals surface area contributed by atoms with Gasteiger partial charge in [-0.05, 0) is 55.7 Å². The summed E-state index contributed by atoms with van der Waals surface area (Å²) in [4.78, 5) is 4.51. The fourth-order valence-electron chi connectivity index (χ4n) is 2.38. The van der Waals surface area contributed by atoms with Crippen molar-refractivity contribution in [2.45, 2.75) is 26.3 Å². The van der Waals surface area contributed by atoms with Gasteiger partial charge in [-0.25, -0.2) is 0 Å². The molecule has 5 heteroatoms. The number of nitrogens with zero attached hydrogens (tertiary/aromatic N) is 1. The van der Waals surface area contributed by atoms with E-state index in [1.807, 2.05) is 38.1 Å². The summed E-state index contributed by atoms with van der Waals surface area (Å²) in [7, 11) is 1.67. The first-order valence-electron chi connectivity index (χ1n) is 6.78. The van der Waals surface area contributed by atoms with Gasteiger partial charge in [-0.1, -0.05) is 22.0 Å². The average molecular weight is 350 g/mol. The van der Waals surface area contributed by atoms with Crippen molar-refractivity contribution in [1.29, 1.82) is 0 Å². The molecule has 2 rings (SSSR count). The number of halogens is 1. The minimum atomic E-state index is 0.00139. The maximum Gasteiger partial charge on any atom is 0.119 e. The Hall–Kier alpha value is -1.43. The van der Waals surface area contributed by atoms with Crippen molar-refractivity contribution in [2.75, 3.05) is 7.11 Å². The third-order valence-corrected chi connectivity index (χ3v) is 4.29. The quantitative estimate of drug-likeness (QED) is 0.642. The fourth-order valence-corrected chi connectivity index (χ4v) is 2.79. The molecule has 0 radical (unpaired) electrons. The lowest BCUT2D eigenvalue weighted by molar-refractivity contribution is 0.413. The Morgan fingerprint density at radius 1 is 1.29 bits per heavy atom. The monoisotopic (exact) mass is 349 g/mol. The van der Waals surface area contributed by atoms with Crippen LogP contribution in [0.15, 0.2) is 34.8 Å². The molecule has 1 aromatic carbocycles. The normalized spacial score (nSPS) is 12.2. The van der Waals surface area contributed by atoms with Crippen molar-refractivity contribution >= 4 is 15.9 Å². The highest BCUT2D eigenvalue weighted by molar-refractivity contribution is 9.10. The molecule has 2 aromatic rings. The summed E-state index contributed by atoms with van der Waals surface area (Å²) in [5, 5.41) is 0. The maximum atomic E-state index is 5.76. The lowest BCUT2D eigenvalue weighted by Gasteiger charge is -2.19. The first kappa shape index (κ1) is 15.9. The van der Waals surface area contributed by atoms with Gasteiger partial charge in [0.05, 0.1) is 13.2 Å². The number of pyridine rings is 1. The molecule has 0 bridgehead atoms. The van der Waals surface area contributed by atoms with Gasteiger partial charge in [0, 0.05) is 15.9 Å². The lowest BCUT2D eigenvalue weighted by atomic mass is 9.98. The second-order valence-corrected chi connectivity index (χ2v) is 5.86. The summed E-state index contributed by atoms with van der Waals surface area (Å²) in [6.07, 6.45) is 0.750. The predicted octanol–water partition coefficient (Wildman–Crippen LogP) is 3.22. The second kappa shape index (κ2) is 7.02. The molecule has 1 aromatic heterocycles. The molecular formula is C16H20BrN3O. The number of aromatic nitrogens is 1. The van der Waals surface area contributed by atoms with Gasteiger partial charge in [0.2, 0.25) is 0 Å². The van der Waals surface area contributed by atoms with Crippen molar-refractivity contribution in [3.05, 3.63) is 57.3 Å². The van der Waals surface area contributed by atoms with E-state index >= 15 is 0 Å². The van der Waals surface area contributed by atoms with Gasteiger partial charge in [0.25, 0.3) is 0 Å². The van der Waals surface area contributed by atoms with Crippen LogP contribution in [0.4, 0.5) is 0 Å². The number of methoxy groups -OCH3 is 1. The highest BCUT2D eigenvalue weighted by Gasteiger charge is 2.16. The van der Waals surface area contributed by atoms with Crippen LogP contribution in [-0.2, 0) is 6.42 Å². The predicted molar refractivity (Wildman–Crippen MR) is 88.2 cm³/mol. The Bertz CT molecular complexity index is 631. The highest BCUT2D eigenvalue weighted by Crippen LogP contribution is 2.28. The maximum absolute atomic E-state index is 5.76. The Kier molecular flexibility index (Phi) is 5.33. The van der Waals surface area contributed by atoms with Gasteiger partial charge in [0.15, 0.2) is 0 Å². The van der Waals surface area contributed by atoms with Crippen LogP contribution < -0.4 is 16.0 Å². The number of aryl methyl sites for hydroxylation is 2. The summed E-state index contributed by atoms with van der Waals surface area (Å²) >= 11 is 3.58. The third-order valence-electron chi connectivity index (χ3n) is 3.52. The van der Waals surface area contributed by atoms with Gasteiger partial charge >= 0.3 is 0 Å². The molecule has 1 heterocycles. The van der Waals surface area contributed by atoms with E-state index in [2.05, 4.69) is 32.4 Å². The van der Waals surface area contributed by atoms with E-state index in [1.165, 1.54) is 0 Å². The van der Waals surface area contributed by atoms with E-state index in [0.717, 1.165) is 39.2 Å². The number of nitrogens with one attached hydrogen (secondary N) is 1. The number of nitrogens with two attached hydrogens (primary N) is 1. The van der Waals surface area contributed by atoms with Crippen LogP contribution in [0, 0.1) is 13.8 Å². The van der Waals surface area contributed by atoms with Crippen LogP contribution in [-0.4, -0.2) is 12.1 Å². The van der Waals surface area contributed by atoms with Crippen molar-refractivity contribution in [3.8, 4) is 5.75 Å². The largest absolute Gasteiger partial charge is 0.497 e. The second-order valence-electron chi connectivity index (χ2n) is 5.01. The zero-order valence-corrected chi connectivity index (χ0v) is 14.1. The molecule has 0 saturated carbocycles. The molecular weight excluding hydrogens is 330 g/mol. The van der Waals surface area contributed by atoms with Crippen LogP contribution >= 0.6 is 15.9 Å². The van der Waals surface area contributed by atoms with Crippen LogP contribution in [0.3, 0.4) is 0 Å². The Morgan fingerprint density at radius 2 is 2.05 bits per heavy atom. The van der Waals surface area contributed by atoms with Crippen LogP contribution in [0.1, 0.15) is 28.6 Å². The molecule has 3 N–H and O–H groups in total. The Morgan fingerprint density at radius 3 is 2.67 bits per heavy atom. The van der Waals surface area contributed by atoms with Gasteiger partial charge < -0.3 is 4.74 Å². The van der Waals surface area contributed by atoms with Gasteiger partial charge in [-0.15, -0.1) is 0 Å². The van der Waals surface area contributed by atoms with Crippen molar-refractivity contribution in [2.24, 2.45) is 5.84 Å². The minimum absolute atomic E-state index is 0.00139. The molecule has 112 valence electrons. The number of benzene rings is 1. The lowest BCUT2D eigenvalue weighted by Crippen LogP contribution is -2.30. The number of ether oxygens (including phenoxy) is 1. The van der Waals surface area contributed by atoms with Crippen LogP contribution in [0.25, 0.3) is 0 Å². The minimum Gasteiger partial charge on any atom is -0.497 e. The van der Waals surface area contributed by atoms with E-state index < -0.39 is 0 Å². The molecule has 0 spiro atoms. The van der Waals surface area contributed by atoms with E-state index in [1.54, 1.807) is 7.11 Å². The van der Waals surface area contributed by atoms with Gasteiger partial charge in [0.1, 0.15) is 5.75 Å². The number of hydrogen-bond donors (Lipinski definition) is 2. The molecule has 1 unspecified atom stereocenters. The standard InChI is InChI=1S/C16H20BrN3O/c1-10-4-6-14(11(2)19-10)16(20-18)9-12-8-13(21-3)5-7-15(12)17/h4-8,16,20H,9,18H2,1-3H3. The first-order chi connectivity index (χ1) is 10.0. The van der Waals surface area contributed by atoms with Crippen molar-refractivity contribution < 1.29 is 4.74 Å². The van der Waals surface area contributed by atoms with E-state index in [4.69, 9.17) is 10.6 Å². The SMILES string of the molecule is COc1ccc(Br)c(CC(NN)c2ccc(C)nc2C)c1. The molecule has 0 saturated heterocycles. The molecule has 0 aliphatic carbocycles. The molecule has 0 amide bonds. The summed E-state index contributed by atoms with van der Waals surface area (Å²) in [6.45, 7) is 3.99. The Labute approximate surface area is 133 Å². The molecule has 1 atom stereocenters. The highest BCUT2D eigenvalue weighted by atomic mass is 79.9. The number of hydrogen-bond acceptors (Lipinski definition) is 4.